The van der Waals surface area contributed by atoms with E-state index in [9.17, 15) is 0 Å². The number of halogens is 4. The van der Waals surface area contributed by atoms with Crippen molar-refractivity contribution in [1.29, 1.82) is 0 Å². The minimum atomic E-state index is 0. The van der Waals surface area contributed by atoms with Gasteiger partial charge in [-0.2, -0.15) is 0 Å². The first-order valence-electron chi connectivity index (χ1n) is 6.21. The molecule has 0 radical (unpaired) electrons. The molecule has 2 N–H and O–H groups in total. The predicted octanol–water partition coefficient (Wildman–Crippen LogP) is 3.06. The second-order valence-electron chi connectivity index (χ2n) is 4.45. The Morgan fingerprint density at radius 3 is 1.09 bits per heavy atom. The fourth-order valence-corrected chi connectivity index (χ4v) is 2.09. The standard InChI is InChI=1S/C14H16N4.4ClH/c1-3-11-7-15-9-13-5-2-6-14(18-13)10-16-8-12(4-1)17-11;;;;/h1-6,15-16H,7-10H2;4*1H. The number of aromatic nitrogens is 2. The van der Waals surface area contributed by atoms with E-state index in [1.807, 2.05) is 24.3 Å². The van der Waals surface area contributed by atoms with Crippen LogP contribution >= 0.6 is 49.6 Å². The van der Waals surface area contributed by atoms with Gasteiger partial charge < -0.3 is 10.6 Å². The third-order valence-corrected chi connectivity index (χ3v) is 2.95. The van der Waals surface area contributed by atoms with Gasteiger partial charge in [0.05, 0.1) is 22.8 Å². The van der Waals surface area contributed by atoms with Gasteiger partial charge in [-0.05, 0) is 24.3 Å². The lowest BCUT2D eigenvalue weighted by atomic mass is 10.2. The van der Waals surface area contributed by atoms with Crippen molar-refractivity contribution in [3.05, 3.63) is 59.2 Å². The van der Waals surface area contributed by atoms with Crippen LogP contribution in [0.25, 0.3) is 0 Å². The van der Waals surface area contributed by atoms with Crippen LogP contribution in [0.3, 0.4) is 0 Å². The molecule has 2 aromatic heterocycles. The maximum absolute atomic E-state index is 4.60. The Balaban J connectivity index is 0. The molecular weight excluding hydrogens is 366 g/mol. The molecule has 3 heterocycles. The number of nitrogens with one attached hydrogen (secondary N) is 2. The lowest BCUT2D eigenvalue weighted by molar-refractivity contribution is 0.625. The van der Waals surface area contributed by atoms with Crippen molar-refractivity contribution in [3.63, 3.8) is 0 Å². The van der Waals surface area contributed by atoms with Crippen molar-refractivity contribution in [3.8, 4) is 0 Å². The molecule has 0 fully saturated rings. The van der Waals surface area contributed by atoms with Crippen LogP contribution in [0, 0.1) is 0 Å². The molecule has 0 saturated carbocycles. The van der Waals surface area contributed by atoms with Crippen molar-refractivity contribution in [2.45, 2.75) is 26.2 Å². The molecule has 3 rings (SSSR count). The number of pyridine rings is 2. The highest BCUT2D eigenvalue weighted by molar-refractivity contribution is 5.86. The van der Waals surface area contributed by atoms with Crippen molar-refractivity contribution in [2.75, 3.05) is 0 Å². The van der Waals surface area contributed by atoms with Gasteiger partial charge in [0.1, 0.15) is 0 Å². The van der Waals surface area contributed by atoms with Crippen LogP contribution in [0.15, 0.2) is 36.4 Å². The molecule has 0 atom stereocenters. The van der Waals surface area contributed by atoms with Gasteiger partial charge in [-0.3, -0.25) is 9.97 Å². The van der Waals surface area contributed by atoms with E-state index in [2.05, 4.69) is 32.7 Å². The quantitative estimate of drug-likeness (QED) is 0.731. The highest BCUT2D eigenvalue weighted by Crippen LogP contribution is 2.04. The Labute approximate surface area is 155 Å². The molecule has 2 aromatic rings. The van der Waals surface area contributed by atoms with Crippen LogP contribution in [-0.2, 0) is 26.2 Å². The van der Waals surface area contributed by atoms with E-state index in [-0.39, 0.29) is 49.6 Å². The van der Waals surface area contributed by atoms with Crippen LogP contribution in [0.2, 0.25) is 0 Å². The molecule has 22 heavy (non-hydrogen) atoms. The Morgan fingerprint density at radius 1 is 0.545 bits per heavy atom. The molecule has 1 aliphatic heterocycles. The smallest absolute Gasteiger partial charge is 0.0545 e. The summed E-state index contributed by atoms with van der Waals surface area (Å²) in [5.41, 5.74) is 4.30. The lowest BCUT2D eigenvalue weighted by Crippen LogP contribution is -2.20. The summed E-state index contributed by atoms with van der Waals surface area (Å²) in [5, 5.41) is 6.75. The third kappa shape index (κ3) is 6.65. The molecule has 0 spiro atoms. The molecule has 4 bridgehead atoms. The largest absolute Gasteiger partial charge is 0.306 e. The monoisotopic (exact) mass is 384 g/mol. The maximum Gasteiger partial charge on any atom is 0.0545 e. The summed E-state index contributed by atoms with van der Waals surface area (Å²) in [6, 6.07) is 12.3. The summed E-state index contributed by atoms with van der Waals surface area (Å²) < 4.78 is 0. The Bertz CT molecular complexity index is 466. The number of fused-ring (bicyclic) bond motifs is 4. The topological polar surface area (TPSA) is 49.8 Å². The van der Waals surface area contributed by atoms with Gasteiger partial charge in [0.15, 0.2) is 0 Å². The van der Waals surface area contributed by atoms with E-state index in [0.717, 1.165) is 49.0 Å². The van der Waals surface area contributed by atoms with E-state index < -0.39 is 0 Å². The summed E-state index contributed by atoms with van der Waals surface area (Å²) in [5.74, 6) is 0. The summed E-state index contributed by atoms with van der Waals surface area (Å²) in [7, 11) is 0. The molecule has 124 valence electrons. The molecular formula is C14H20Cl4N4. The zero-order valence-electron chi connectivity index (χ0n) is 11.8. The SMILES string of the molecule is Cl.Cl.Cl.Cl.c1cc2nc(c1)CNCc1cccc(n1)CNC2. The van der Waals surface area contributed by atoms with E-state index in [4.69, 9.17) is 0 Å². The van der Waals surface area contributed by atoms with E-state index in [0.29, 0.717) is 0 Å². The van der Waals surface area contributed by atoms with Crippen LogP contribution in [0.5, 0.6) is 0 Å². The fourth-order valence-electron chi connectivity index (χ4n) is 2.09. The number of nitrogens with zero attached hydrogens (tertiary/aromatic N) is 2. The maximum atomic E-state index is 4.60. The molecule has 0 aromatic carbocycles. The molecule has 4 nitrogen and oxygen atoms in total. The zero-order valence-corrected chi connectivity index (χ0v) is 15.1. The van der Waals surface area contributed by atoms with Crippen molar-refractivity contribution in [1.82, 2.24) is 20.6 Å². The molecule has 0 amide bonds. The normalized spacial score (nSPS) is 12.7. The van der Waals surface area contributed by atoms with Gasteiger partial charge in [-0.1, -0.05) is 12.1 Å². The second kappa shape index (κ2) is 11.9. The first-order valence-corrected chi connectivity index (χ1v) is 6.21. The molecule has 8 heteroatoms. The molecule has 0 unspecified atom stereocenters. The zero-order chi connectivity index (χ0) is 12.2. The van der Waals surface area contributed by atoms with Crippen molar-refractivity contribution in [2.24, 2.45) is 0 Å². The molecule has 0 aliphatic carbocycles. The number of hydrogen-bond acceptors (Lipinski definition) is 4. The number of hydrogen-bond donors (Lipinski definition) is 2. The van der Waals surface area contributed by atoms with E-state index in [1.165, 1.54) is 0 Å². The summed E-state index contributed by atoms with van der Waals surface area (Å²) in [6.45, 7) is 3.11. The second-order valence-corrected chi connectivity index (χ2v) is 4.45. The fraction of sp³-hybridized carbons (Fsp3) is 0.286. The third-order valence-electron chi connectivity index (χ3n) is 2.95. The highest BCUT2D eigenvalue weighted by atomic mass is 35.5. The van der Waals surface area contributed by atoms with Crippen LogP contribution in [-0.4, -0.2) is 9.97 Å². The highest BCUT2D eigenvalue weighted by Gasteiger charge is 2.03. The minimum absolute atomic E-state index is 0. The summed E-state index contributed by atoms with van der Waals surface area (Å²) in [4.78, 5) is 9.20. The van der Waals surface area contributed by atoms with Crippen molar-refractivity contribution >= 4 is 49.6 Å². The Hall–Kier alpha value is -0.620. The predicted molar refractivity (Wildman–Crippen MR) is 98.6 cm³/mol. The molecule has 0 saturated heterocycles. The minimum Gasteiger partial charge on any atom is -0.306 e. The lowest BCUT2D eigenvalue weighted by Gasteiger charge is -2.10. The van der Waals surface area contributed by atoms with E-state index >= 15 is 0 Å². The van der Waals surface area contributed by atoms with Gasteiger partial charge in [0, 0.05) is 26.2 Å². The van der Waals surface area contributed by atoms with Gasteiger partial charge in [0.25, 0.3) is 0 Å². The van der Waals surface area contributed by atoms with Gasteiger partial charge >= 0.3 is 0 Å². The van der Waals surface area contributed by atoms with Gasteiger partial charge in [-0.25, -0.2) is 0 Å². The number of rotatable bonds is 0. The summed E-state index contributed by atoms with van der Waals surface area (Å²) >= 11 is 0. The van der Waals surface area contributed by atoms with Crippen LogP contribution in [0.4, 0.5) is 0 Å². The van der Waals surface area contributed by atoms with Crippen LogP contribution in [0.1, 0.15) is 22.8 Å². The average molecular weight is 386 g/mol. The average Bonchev–Trinajstić information content (AvgIpc) is 2.39. The van der Waals surface area contributed by atoms with E-state index in [1.54, 1.807) is 0 Å². The van der Waals surface area contributed by atoms with Gasteiger partial charge in [0.2, 0.25) is 0 Å². The van der Waals surface area contributed by atoms with Gasteiger partial charge in [-0.15, -0.1) is 49.6 Å². The Kier molecular flexibility index (Phi) is 12.8. The first-order chi connectivity index (χ1) is 8.90. The Morgan fingerprint density at radius 2 is 0.818 bits per heavy atom. The summed E-state index contributed by atoms with van der Waals surface area (Å²) in [6.07, 6.45) is 0. The van der Waals surface area contributed by atoms with Crippen molar-refractivity contribution < 1.29 is 0 Å². The van der Waals surface area contributed by atoms with Crippen LogP contribution < -0.4 is 10.6 Å². The first kappa shape index (κ1) is 23.6. The molecule has 1 aliphatic rings.